The molecule has 0 radical (unpaired) electrons. The van der Waals surface area contributed by atoms with Crippen LogP contribution < -0.4 is 0 Å². The molecule has 5 heteroatoms. The average molecular weight is 297 g/mol. The van der Waals surface area contributed by atoms with E-state index in [2.05, 4.69) is 0 Å². The predicted octanol–water partition coefficient (Wildman–Crippen LogP) is 2.03. The molecule has 1 unspecified atom stereocenters. The molecule has 2 fully saturated rings. The first-order chi connectivity index (χ1) is 9.94. The summed E-state index contributed by atoms with van der Waals surface area (Å²) in [6.07, 6.45) is 5.56. The van der Waals surface area contributed by atoms with Crippen molar-refractivity contribution in [1.29, 1.82) is 0 Å². The van der Waals surface area contributed by atoms with E-state index >= 15 is 0 Å². The number of carbonyl (C=O) groups excluding carboxylic acids is 1. The van der Waals surface area contributed by atoms with Crippen molar-refractivity contribution in [2.45, 2.75) is 64.4 Å². The third kappa shape index (κ3) is 3.76. The Labute approximate surface area is 126 Å². The zero-order valence-corrected chi connectivity index (χ0v) is 12.9. The highest BCUT2D eigenvalue weighted by atomic mass is 16.4. The van der Waals surface area contributed by atoms with Gasteiger partial charge in [0.2, 0.25) is 5.91 Å². The number of aliphatic carboxylic acids is 1. The van der Waals surface area contributed by atoms with Crippen molar-refractivity contribution < 1.29 is 19.8 Å². The Kier molecular flexibility index (Phi) is 5.25. The number of hydrogen-bond donors (Lipinski definition) is 2. The molecule has 1 atom stereocenters. The molecule has 1 aliphatic carbocycles. The maximum Gasteiger partial charge on any atom is 0.310 e. The summed E-state index contributed by atoms with van der Waals surface area (Å²) in [4.78, 5) is 25.9. The second-order valence-electron chi connectivity index (χ2n) is 6.78. The standard InChI is InChI=1S/C16H27NO4/c1-12(18)13-5-9-17(10-6-13)14(19)11-16(15(20)21)7-3-2-4-8-16/h12-13,18H,2-11H2,1H3,(H,20,21). The Morgan fingerprint density at radius 3 is 2.24 bits per heavy atom. The SMILES string of the molecule is CC(O)C1CCN(C(=O)CC2(C(=O)O)CCCCC2)CC1. The van der Waals surface area contributed by atoms with Gasteiger partial charge in [0.05, 0.1) is 11.5 Å². The molecule has 0 aromatic carbocycles. The fourth-order valence-corrected chi connectivity index (χ4v) is 3.73. The van der Waals surface area contributed by atoms with Crippen LogP contribution in [0, 0.1) is 11.3 Å². The molecule has 120 valence electrons. The largest absolute Gasteiger partial charge is 0.481 e. The van der Waals surface area contributed by atoms with Crippen LogP contribution in [-0.4, -0.2) is 46.2 Å². The Bertz CT molecular complexity index is 380. The van der Waals surface area contributed by atoms with Gasteiger partial charge in [-0.3, -0.25) is 9.59 Å². The summed E-state index contributed by atoms with van der Waals surface area (Å²) in [6.45, 7) is 3.08. The van der Waals surface area contributed by atoms with E-state index in [0.717, 1.165) is 32.1 Å². The normalized spacial score (nSPS) is 24.6. The molecular formula is C16H27NO4. The van der Waals surface area contributed by atoms with E-state index in [0.29, 0.717) is 25.9 Å². The number of carboxylic acid groups (broad SMARTS) is 1. The van der Waals surface area contributed by atoms with Crippen molar-refractivity contribution in [1.82, 2.24) is 4.90 Å². The van der Waals surface area contributed by atoms with Crippen LogP contribution in [0.4, 0.5) is 0 Å². The number of carboxylic acids is 1. The van der Waals surface area contributed by atoms with Gasteiger partial charge in [0, 0.05) is 19.5 Å². The van der Waals surface area contributed by atoms with Gasteiger partial charge in [-0.15, -0.1) is 0 Å². The first-order valence-corrected chi connectivity index (χ1v) is 8.14. The number of amides is 1. The van der Waals surface area contributed by atoms with Crippen molar-refractivity contribution >= 4 is 11.9 Å². The molecule has 0 spiro atoms. The number of aliphatic hydroxyl groups excluding tert-OH is 1. The van der Waals surface area contributed by atoms with Crippen LogP contribution in [0.5, 0.6) is 0 Å². The number of carbonyl (C=O) groups is 2. The summed E-state index contributed by atoms with van der Waals surface area (Å²) in [7, 11) is 0. The molecule has 0 bridgehead atoms. The smallest absolute Gasteiger partial charge is 0.310 e. The van der Waals surface area contributed by atoms with Gasteiger partial charge in [-0.25, -0.2) is 0 Å². The van der Waals surface area contributed by atoms with E-state index in [1.807, 2.05) is 0 Å². The maximum atomic E-state index is 12.5. The summed E-state index contributed by atoms with van der Waals surface area (Å²) in [5, 5.41) is 19.1. The summed E-state index contributed by atoms with van der Waals surface area (Å²) in [5.41, 5.74) is -0.837. The minimum absolute atomic E-state index is 0.0247. The molecule has 2 N–H and O–H groups in total. The first kappa shape index (κ1) is 16.3. The van der Waals surface area contributed by atoms with Gasteiger partial charge >= 0.3 is 5.97 Å². The van der Waals surface area contributed by atoms with Crippen LogP contribution in [0.15, 0.2) is 0 Å². The van der Waals surface area contributed by atoms with E-state index in [4.69, 9.17) is 0 Å². The molecule has 0 aromatic heterocycles. The quantitative estimate of drug-likeness (QED) is 0.832. The summed E-state index contributed by atoms with van der Waals surface area (Å²) in [6, 6.07) is 0. The maximum absolute atomic E-state index is 12.5. The van der Waals surface area contributed by atoms with Gasteiger partial charge < -0.3 is 15.1 Å². The number of likely N-dealkylation sites (tertiary alicyclic amines) is 1. The zero-order chi connectivity index (χ0) is 15.5. The number of nitrogens with zero attached hydrogens (tertiary/aromatic N) is 1. The van der Waals surface area contributed by atoms with Crippen molar-refractivity contribution in [2.24, 2.45) is 11.3 Å². The highest BCUT2D eigenvalue weighted by Crippen LogP contribution is 2.40. The molecule has 2 aliphatic rings. The minimum atomic E-state index is -0.837. The monoisotopic (exact) mass is 297 g/mol. The van der Waals surface area contributed by atoms with E-state index < -0.39 is 11.4 Å². The molecule has 1 saturated heterocycles. The highest BCUT2D eigenvalue weighted by molar-refractivity contribution is 5.85. The van der Waals surface area contributed by atoms with Crippen LogP contribution in [0.25, 0.3) is 0 Å². The Balaban J connectivity index is 1.93. The van der Waals surface area contributed by atoms with E-state index in [1.165, 1.54) is 0 Å². The molecule has 1 heterocycles. The minimum Gasteiger partial charge on any atom is -0.481 e. The number of aliphatic hydroxyl groups is 1. The topological polar surface area (TPSA) is 77.8 Å². The van der Waals surface area contributed by atoms with Crippen LogP contribution >= 0.6 is 0 Å². The molecule has 2 rings (SSSR count). The molecule has 21 heavy (non-hydrogen) atoms. The highest BCUT2D eigenvalue weighted by Gasteiger charge is 2.42. The number of rotatable bonds is 4. The van der Waals surface area contributed by atoms with Gasteiger partial charge in [0.25, 0.3) is 0 Å². The Hall–Kier alpha value is -1.10. The van der Waals surface area contributed by atoms with Gasteiger partial charge in [0.15, 0.2) is 0 Å². The van der Waals surface area contributed by atoms with Crippen LogP contribution in [0.1, 0.15) is 58.3 Å². The van der Waals surface area contributed by atoms with Crippen molar-refractivity contribution in [3.05, 3.63) is 0 Å². The number of hydrogen-bond acceptors (Lipinski definition) is 3. The second kappa shape index (κ2) is 6.77. The predicted molar refractivity (Wildman–Crippen MR) is 78.8 cm³/mol. The van der Waals surface area contributed by atoms with E-state index in [1.54, 1.807) is 11.8 Å². The fraction of sp³-hybridized carbons (Fsp3) is 0.875. The third-order valence-corrected chi connectivity index (χ3v) is 5.33. The molecule has 1 amide bonds. The third-order valence-electron chi connectivity index (χ3n) is 5.33. The van der Waals surface area contributed by atoms with E-state index in [9.17, 15) is 19.8 Å². The fourth-order valence-electron chi connectivity index (χ4n) is 3.73. The molecule has 1 saturated carbocycles. The van der Waals surface area contributed by atoms with Crippen LogP contribution in [0.3, 0.4) is 0 Å². The lowest BCUT2D eigenvalue weighted by Gasteiger charge is -2.37. The van der Waals surface area contributed by atoms with Crippen LogP contribution in [-0.2, 0) is 9.59 Å². The van der Waals surface area contributed by atoms with Gasteiger partial charge in [-0.1, -0.05) is 19.3 Å². The summed E-state index contributed by atoms with van der Waals surface area (Å²) < 4.78 is 0. The number of piperidine rings is 1. The Morgan fingerprint density at radius 1 is 1.19 bits per heavy atom. The van der Waals surface area contributed by atoms with E-state index in [-0.39, 0.29) is 24.3 Å². The molecule has 1 aliphatic heterocycles. The van der Waals surface area contributed by atoms with Gasteiger partial charge in [-0.2, -0.15) is 0 Å². The van der Waals surface area contributed by atoms with Crippen LogP contribution in [0.2, 0.25) is 0 Å². The lowest BCUT2D eigenvalue weighted by Crippen LogP contribution is -2.45. The molecule has 0 aromatic rings. The lowest BCUT2D eigenvalue weighted by molar-refractivity contribution is -0.156. The summed E-state index contributed by atoms with van der Waals surface area (Å²) in [5.74, 6) is -0.574. The molecule has 5 nitrogen and oxygen atoms in total. The van der Waals surface area contributed by atoms with Gasteiger partial charge in [0.1, 0.15) is 0 Å². The van der Waals surface area contributed by atoms with Crippen molar-refractivity contribution in [3.63, 3.8) is 0 Å². The molecular weight excluding hydrogens is 270 g/mol. The first-order valence-electron chi connectivity index (χ1n) is 8.14. The zero-order valence-electron chi connectivity index (χ0n) is 12.9. The van der Waals surface area contributed by atoms with Crippen molar-refractivity contribution in [2.75, 3.05) is 13.1 Å². The second-order valence-corrected chi connectivity index (χ2v) is 6.78. The average Bonchev–Trinajstić information content (AvgIpc) is 2.48. The summed E-state index contributed by atoms with van der Waals surface area (Å²) >= 11 is 0. The van der Waals surface area contributed by atoms with Gasteiger partial charge in [-0.05, 0) is 38.5 Å². The Morgan fingerprint density at radius 2 is 1.76 bits per heavy atom. The lowest BCUT2D eigenvalue weighted by atomic mass is 9.71. The van der Waals surface area contributed by atoms with Crippen molar-refractivity contribution in [3.8, 4) is 0 Å².